The molecule has 0 bridgehead atoms. The maximum atomic E-state index is 12.2. The molecule has 1 aromatic carbocycles. The van der Waals surface area contributed by atoms with E-state index in [1.165, 1.54) is 6.92 Å². The van der Waals surface area contributed by atoms with Crippen LogP contribution in [0, 0.1) is 50.4 Å². The number of nitrogens with two attached hydrogens (primary N) is 1. The van der Waals surface area contributed by atoms with Crippen LogP contribution in [-0.4, -0.2) is 11.0 Å². The third kappa shape index (κ3) is 3.28. The number of nitrogens with one attached hydrogen (secondary N) is 1. The Bertz CT molecular complexity index is 1070. The average molecular weight is 364 g/mol. The van der Waals surface area contributed by atoms with Crippen molar-refractivity contribution in [1.82, 2.24) is 4.98 Å². The van der Waals surface area contributed by atoms with E-state index in [-0.39, 0.29) is 35.1 Å². The van der Waals surface area contributed by atoms with Crippen LogP contribution in [0.15, 0.2) is 4.79 Å². The average Bonchev–Trinajstić information content (AvgIpc) is 2.60. The minimum atomic E-state index is -0.637. The van der Waals surface area contributed by atoms with Gasteiger partial charge < -0.3 is 15.5 Å². The number of nitrogen functional groups attached to an aromatic ring is 1. The molecule has 27 heavy (non-hydrogen) atoms. The number of pyridine rings is 1. The van der Waals surface area contributed by atoms with Crippen LogP contribution in [0.5, 0.6) is 0 Å². The van der Waals surface area contributed by atoms with Gasteiger partial charge in [0, 0.05) is 12.5 Å². The molecule has 0 atom stereocenters. The Morgan fingerprint density at radius 1 is 1.00 bits per heavy atom. The summed E-state index contributed by atoms with van der Waals surface area (Å²) >= 11 is 0. The molecule has 7 nitrogen and oxygen atoms in total. The van der Waals surface area contributed by atoms with Gasteiger partial charge >= 0.3 is 5.97 Å². The molecule has 0 spiro atoms. The van der Waals surface area contributed by atoms with E-state index in [9.17, 15) is 20.1 Å². The molecule has 1 aromatic heterocycles. The lowest BCUT2D eigenvalue weighted by atomic mass is 9.83. The van der Waals surface area contributed by atoms with Gasteiger partial charge in [-0.25, -0.2) is 0 Å². The number of nitriles is 2. The van der Waals surface area contributed by atoms with E-state index >= 15 is 0 Å². The summed E-state index contributed by atoms with van der Waals surface area (Å²) < 4.78 is 5.15. The predicted octanol–water partition coefficient (Wildman–Crippen LogP) is 2.66. The van der Waals surface area contributed by atoms with E-state index in [0.717, 1.165) is 27.8 Å². The van der Waals surface area contributed by atoms with Gasteiger partial charge in [-0.15, -0.1) is 0 Å². The summed E-state index contributed by atoms with van der Waals surface area (Å²) in [4.78, 5) is 25.8. The molecular weight excluding hydrogens is 344 g/mol. The zero-order chi connectivity index (χ0) is 20.5. The molecule has 2 rings (SSSR count). The number of rotatable bonds is 3. The summed E-state index contributed by atoms with van der Waals surface area (Å²) in [6.07, 6.45) is 0. The van der Waals surface area contributed by atoms with E-state index < -0.39 is 5.56 Å². The zero-order valence-corrected chi connectivity index (χ0v) is 15.9. The quantitative estimate of drug-likeness (QED) is 0.804. The third-order valence-corrected chi connectivity index (χ3v) is 4.92. The van der Waals surface area contributed by atoms with Gasteiger partial charge in [0.1, 0.15) is 35.7 Å². The molecule has 0 saturated heterocycles. The molecule has 0 radical (unpaired) electrons. The summed E-state index contributed by atoms with van der Waals surface area (Å²) in [5.74, 6) is -0.455. The van der Waals surface area contributed by atoms with E-state index in [1.54, 1.807) is 0 Å². The molecule has 0 aliphatic heterocycles. The number of benzene rings is 1. The van der Waals surface area contributed by atoms with Crippen molar-refractivity contribution < 1.29 is 9.53 Å². The third-order valence-electron chi connectivity index (χ3n) is 4.92. The van der Waals surface area contributed by atoms with E-state index in [1.807, 2.05) is 39.8 Å². The van der Waals surface area contributed by atoms with Crippen LogP contribution in [0.1, 0.15) is 45.9 Å². The summed E-state index contributed by atoms with van der Waals surface area (Å²) in [5, 5.41) is 19.1. The fourth-order valence-electron chi connectivity index (χ4n) is 3.25. The molecule has 0 saturated carbocycles. The highest BCUT2D eigenvalue weighted by atomic mass is 16.5. The van der Waals surface area contributed by atoms with Gasteiger partial charge in [-0.2, -0.15) is 10.5 Å². The number of aromatic nitrogens is 1. The summed E-state index contributed by atoms with van der Waals surface area (Å²) in [6, 6.07) is 3.89. The topological polar surface area (TPSA) is 133 Å². The number of H-pyrrole nitrogens is 1. The minimum absolute atomic E-state index is 0.0592. The second-order valence-electron chi connectivity index (χ2n) is 6.35. The van der Waals surface area contributed by atoms with Crippen LogP contribution in [-0.2, 0) is 16.1 Å². The van der Waals surface area contributed by atoms with E-state index in [2.05, 4.69) is 4.98 Å². The molecule has 0 unspecified atom stereocenters. The predicted molar refractivity (Wildman–Crippen MR) is 101 cm³/mol. The Kier molecular flexibility index (Phi) is 5.37. The first-order valence-corrected chi connectivity index (χ1v) is 8.24. The number of aromatic amines is 1. The molecule has 0 amide bonds. The van der Waals surface area contributed by atoms with Gasteiger partial charge in [-0.3, -0.25) is 9.59 Å². The number of esters is 1. The zero-order valence-electron chi connectivity index (χ0n) is 15.9. The Labute approximate surface area is 157 Å². The van der Waals surface area contributed by atoms with Crippen molar-refractivity contribution in [3.8, 4) is 23.3 Å². The lowest BCUT2D eigenvalue weighted by molar-refractivity contribution is -0.142. The van der Waals surface area contributed by atoms with Gasteiger partial charge in [0.2, 0.25) is 0 Å². The standard InChI is InChI=1S/C20H20N4O3/c1-9-11(3)17(12(4)10(2)16(9)8-27-13(5)25)18-14(6-21)19(23)24-20(26)15(18)7-22/h8H2,1-5H3,(H3,23,24,26). The molecule has 0 fully saturated rings. The van der Waals surface area contributed by atoms with Gasteiger partial charge in [0.15, 0.2) is 0 Å². The number of nitrogens with zero attached hydrogens (tertiary/aromatic N) is 2. The first kappa shape index (κ1) is 19.7. The minimum Gasteiger partial charge on any atom is -0.461 e. The van der Waals surface area contributed by atoms with Crippen molar-refractivity contribution in [1.29, 1.82) is 10.5 Å². The molecule has 7 heteroatoms. The number of anilines is 1. The van der Waals surface area contributed by atoms with Crippen LogP contribution < -0.4 is 11.3 Å². The lowest BCUT2D eigenvalue weighted by Crippen LogP contribution is -2.17. The highest BCUT2D eigenvalue weighted by Gasteiger charge is 2.24. The molecule has 0 aliphatic carbocycles. The molecule has 2 aromatic rings. The van der Waals surface area contributed by atoms with Crippen LogP contribution in [0.4, 0.5) is 5.82 Å². The first-order valence-electron chi connectivity index (χ1n) is 8.24. The fraction of sp³-hybridized carbons (Fsp3) is 0.300. The largest absolute Gasteiger partial charge is 0.461 e. The van der Waals surface area contributed by atoms with Crippen molar-refractivity contribution in [2.24, 2.45) is 0 Å². The van der Waals surface area contributed by atoms with Gasteiger partial charge in [0.25, 0.3) is 5.56 Å². The summed E-state index contributed by atoms with van der Waals surface area (Å²) in [7, 11) is 0. The van der Waals surface area contributed by atoms with Crippen LogP contribution >= 0.6 is 0 Å². The molecule has 138 valence electrons. The van der Waals surface area contributed by atoms with Crippen LogP contribution in [0.2, 0.25) is 0 Å². The Morgan fingerprint density at radius 3 is 1.96 bits per heavy atom. The Hall–Kier alpha value is -3.58. The fourth-order valence-corrected chi connectivity index (χ4v) is 3.25. The second-order valence-corrected chi connectivity index (χ2v) is 6.35. The smallest absolute Gasteiger partial charge is 0.302 e. The molecule has 0 aliphatic rings. The first-order chi connectivity index (χ1) is 12.6. The van der Waals surface area contributed by atoms with Crippen molar-refractivity contribution >= 4 is 11.8 Å². The maximum Gasteiger partial charge on any atom is 0.302 e. The van der Waals surface area contributed by atoms with Crippen LogP contribution in [0.25, 0.3) is 11.1 Å². The number of carbonyl (C=O) groups is 1. The van der Waals surface area contributed by atoms with E-state index in [4.69, 9.17) is 10.5 Å². The van der Waals surface area contributed by atoms with Crippen molar-refractivity contribution in [2.75, 3.05) is 5.73 Å². The van der Waals surface area contributed by atoms with Crippen molar-refractivity contribution in [3.63, 3.8) is 0 Å². The highest BCUT2D eigenvalue weighted by molar-refractivity contribution is 5.85. The molecular formula is C20H20N4O3. The number of hydrogen-bond donors (Lipinski definition) is 2. The Balaban J connectivity index is 2.95. The van der Waals surface area contributed by atoms with Gasteiger partial charge in [0.05, 0.1) is 0 Å². The SMILES string of the molecule is CC(=O)OCc1c(C)c(C)c(-c2c(C#N)c(N)[nH]c(=O)c2C#N)c(C)c1C. The number of carbonyl (C=O) groups excluding carboxylic acids is 1. The number of ether oxygens (including phenoxy) is 1. The van der Waals surface area contributed by atoms with Crippen molar-refractivity contribution in [3.05, 3.63) is 49.3 Å². The molecule has 1 heterocycles. The highest BCUT2D eigenvalue weighted by Crippen LogP contribution is 2.38. The summed E-state index contributed by atoms with van der Waals surface area (Å²) in [6.45, 7) is 8.90. The maximum absolute atomic E-state index is 12.2. The Morgan fingerprint density at radius 2 is 1.52 bits per heavy atom. The van der Waals surface area contributed by atoms with Crippen LogP contribution in [0.3, 0.4) is 0 Å². The normalized spacial score (nSPS) is 10.2. The van der Waals surface area contributed by atoms with Gasteiger partial charge in [-0.1, -0.05) is 0 Å². The summed E-state index contributed by atoms with van der Waals surface area (Å²) in [5.41, 5.74) is 10.1. The lowest BCUT2D eigenvalue weighted by Gasteiger charge is -2.22. The van der Waals surface area contributed by atoms with Crippen molar-refractivity contribution in [2.45, 2.75) is 41.2 Å². The second kappa shape index (κ2) is 7.35. The monoisotopic (exact) mass is 364 g/mol. The van der Waals surface area contributed by atoms with Gasteiger partial charge in [-0.05, 0) is 61.1 Å². The van der Waals surface area contributed by atoms with E-state index in [0.29, 0.717) is 5.56 Å². The number of hydrogen-bond acceptors (Lipinski definition) is 6. The molecule has 3 N–H and O–H groups in total.